The number of aliphatic carboxylic acids is 1. The summed E-state index contributed by atoms with van der Waals surface area (Å²) in [5.74, 6) is -1.45. The van der Waals surface area contributed by atoms with Crippen LogP contribution < -0.4 is 0 Å². The van der Waals surface area contributed by atoms with Crippen molar-refractivity contribution >= 4 is 29.3 Å². The molecule has 1 amide bonds. The van der Waals surface area contributed by atoms with Gasteiger partial charge in [0.1, 0.15) is 6.04 Å². The lowest BCUT2D eigenvalue weighted by Crippen LogP contribution is -2.44. The molecule has 1 aromatic carbocycles. The summed E-state index contributed by atoms with van der Waals surface area (Å²) in [6, 6.07) is 5.63. The number of nitrogens with zero attached hydrogens (tertiary/aromatic N) is 1. The minimum absolute atomic E-state index is 0.00392. The molecule has 1 saturated carbocycles. The standard InChI is InChI=1S/C16H18ClNO4/c1-10(16(21)22)18(13-6-7-13)15(20)9-8-14(19)11-2-4-12(17)5-3-11/h2-5,10,13H,6-9H2,1H3,(H,21,22). The molecular formula is C16H18ClNO4. The van der Waals surface area contributed by atoms with Crippen molar-refractivity contribution in [3.63, 3.8) is 0 Å². The Labute approximate surface area is 133 Å². The smallest absolute Gasteiger partial charge is 0.326 e. The fourth-order valence-corrected chi connectivity index (χ4v) is 2.46. The van der Waals surface area contributed by atoms with Crippen molar-refractivity contribution in [1.29, 1.82) is 0 Å². The quantitative estimate of drug-likeness (QED) is 0.783. The first-order chi connectivity index (χ1) is 10.4. The summed E-state index contributed by atoms with van der Waals surface area (Å²) in [6.07, 6.45) is 1.74. The van der Waals surface area contributed by atoms with Crippen LogP contribution in [0.15, 0.2) is 24.3 Å². The normalized spacial score (nSPS) is 15.2. The van der Waals surface area contributed by atoms with Gasteiger partial charge in [0, 0.05) is 29.5 Å². The minimum Gasteiger partial charge on any atom is -0.480 e. The van der Waals surface area contributed by atoms with E-state index in [9.17, 15) is 14.4 Å². The minimum atomic E-state index is -1.02. The molecule has 2 rings (SSSR count). The predicted molar refractivity (Wildman–Crippen MR) is 82.0 cm³/mol. The number of benzene rings is 1. The summed E-state index contributed by atoms with van der Waals surface area (Å²) in [6.45, 7) is 1.50. The molecule has 0 radical (unpaired) electrons. The van der Waals surface area contributed by atoms with Crippen molar-refractivity contribution in [2.45, 2.75) is 44.7 Å². The molecule has 5 nitrogen and oxygen atoms in total. The van der Waals surface area contributed by atoms with Gasteiger partial charge in [0.05, 0.1) is 0 Å². The second-order valence-electron chi connectivity index (χ2n) is 5.48. The number of amides is 1. The number of carboxylic acid groups (broad SMARTS) is 1. The SMILES string of the molecule is CC(C(=O)O)N(C(=O)CCC(=O)c1ccc(Cl)cc1)C1CC1. The number of carboxylic acids is 1. The predicted octanol–water partition coefficient (Wildman–Crippen LogP) is 2.77. The van der Waals surface area contributed by atoms with Crippen LogP contribution in [-0.2, 0) is 9.59 Å². The van der Waals surface area contributed by atoms with Crippen LogP contribution in [0, 0.1) is 0 Å². The maximum atomic E-state index is 12.2. The Morgan fingerprint density at radius 1 is 1.23 bits per heavy atom. The number of Topliss-reactive ketones (excluding diaryl/α,β-unsaturated/α-hetero) is 1. The molecule has 0 saturated heterocycles. The lowest BCUT2D eigenvalue weighted by Gasteiger charge is -2.26. The van der Waals surface area contributed by atoms with Gasteiger partial charge in [-0.2, -0.15) is 0 Å². The van der Waals surface area contributed by atoms with Crippen LogP contribution in [0.2, 0.25) is 5.02 Å². The van der Waals surface area contributed by atoms with Crippen LogP contribution in [0.4, 0.5) is 0 Å². The maximum absolute atomic E-state index is 12.2. The first-order valence-corrected chi connectivity index (χ1v) is 7.60. The highest BCUT2D eigenvalue weighted by atomic mass is 35.5. The number of ketones is 1. The van der Waals surface area contributed by atoms with Crippen LogP contribution in [-0.4, -0.2) is 39.7 Å². The molecule has 1 aliphatic rings. The van der Waals surface area contributed by atoms with E-state index in [1.807, 2.05) is 0 Å². The summed E-state index contributed by atoms with van der Waals surface area (Å²) < 4.78 is 0. The lowest BCUT2D eigenvalue weighted by molar-refractivity contribution is -0.150. The first kappa shape index (κ1) is 16.5. The van der Waals surface area contributed by atoms with Gasteiger partial charge < -0.3 is 10.0 Å². The summed E-state index contributed by atoms with van der Waals surface area (Å²) in [7, 11) is 0. The van der Waals surface area contributed by atoms with Crippen molar-refractivity contribution in [1.82, 2.24) is 4.90 Å². The molecule has 1 aromatic rings. The molecule has 0 aromatic heterocycles. The topological polar surface area (TPSA) is 74.7 Å². The number of halogens is 1. The summed E-state index contributed by atoms with van der Waals surface area (Å²) in [5, 5.41) is 9.63. The molecule has 1 atom stereocenters. The van der Waals surface area contributed by atoms with Crippen LogP contribution in [0.3, 0.4) is 0 Å². The zero-order valence-electron chi connectivity index (χ0n) is 12.3. The maximum Gasteiger partial charge on any atom is 0.326 e. The summed E-state index contributed by atoms with van der Waals surface area (Å²) >= 11 is 5.76. The third-order valence-electron chi connectivity index (χ3n) is 3.74. The zero-order chi connectivity index (χ0) is 16.3. The largest absolute Gasteiger partial charge is 0.480 e. The lowest BCUT2D eigenvalue weighted by atomic mass is 10.1. The second-order valence-corrected chi connectivity index (χ2v) is 5.91. The fourth-order valence-electron chi connectivity index (χ4n) is 2.34. The van der Waals surface area contributed by atoms with E-state index in [2.05, 4.69) is 0 Å². The molecule has 1 fully saturated rings. The number of hydrogen-bond donors (Lipinski definition) is 1. The zero-order valence-corrected chi connectivity index (χ0v) is 13.0. The molecule has 0 aliphatic heterocycles. The monoisotopic (exact) mass is 323 g/mol. The molecule has 22 heavy (non-hydrogen) atoms. The van der Waals surface area contributed by atoms with Crippen molar-refractivity contribution in [3.05, 3.63) is 34.9 Å². The van der Waals surface area contributed by atoms with E-state index in [1.165, 1.54) is 11.8 Å². The molecule has 1 N–H and O–H groups in total. The van der Waals surface area contributed by atoms with E-state index in [0.717, 1.165) is 12.8 Å². The van der Waals surface area contributed by atoms with Crippen LogP contribution in [0.1, 0.15) is 43.0 Å². The third-order valence-corrected chi connectivity index (χ3v) is 3.99. The van der Waals surface area contributed by atoms with Gasteiger partial charge in [0.15, 0.2) is 5.78 Å². The van der Waals surface area contributed by atoms with Crippen molar-refractivity contribution in [2.75, 3.05) is 0 Å². The van der Waals surface area contributed by atoms with Gasteiger partial charge in [-0.05, 0) is 44.0 Å². The number of hydrogen-bond acceptors (Lipinski definition) is 3. The van der Waals surface area contributed by atoms with Crippen molar-refractivity contribution < 1.29 is 19.5 Å². The van der Waals surface area contributed by atoms with Gasteiger partial charge in [0.2, 0.25) is 5.91 Å². The van der Waals surface area contributed by atoms with Gasteiger partial charge in [-0.3, -0.25) is 9.59 Å². The Hall–Kier alpha value is -1.88. The Bertz CT molecular complexity index is 580. The van der Waals surface area contributed by atoms with Gasteiger partial charge in [0.25, 0.3) is 0 Å². The average Bonchev–Trinajstić information content (AvgIpc) is 3.30. The van der Waals surface area contributed by atoms with Gasteiger partial charge in [-0.1, -0.05) is 11.6 Å². The highest BCUT2D eigenvalue weighted by Gasteiger charge is 2.38. The Kier molecular flexibility index (Phi) is 5.19. The third kappa shape index (κ3) is 4.07. The molecular weight excluding hydrogens is 306 g/mol. The molecule has 1 aliphatic carbocycles. The van der Waals surface area contributed by atoms with Crippen LogP contribution in [0.25, 0.3) is 0 Å². The fraction of sp³-hybridized carbons (Fsp3) is 0.438. The van der Waals surface area contributed by atoms with Gasteiger partial charge in [-0.25, -0.2) is 4.79 Å². The van der Waals surface area contributed by atoms with Crippen LogP contribution in [0.5, 0.6) is 0 Å². The Balaban J connectivity index is 1.94. The number of carbonyl (C=O) groups excluding carboxylic acids is 2. The van der Waals surface area contributed by atoms with E-state index >= 15 is 0 Å². The van der Waals surface area contributed by atoms with E-state index in [0.29, 0.717) is 10.6 Å². The molecule has 118 valence electrons. The molecule has 6 heteroatoms. The molecule has 0 heterocycles. The second kappa shape index (κ2) is 6.92. The number of rotatable bonds is 7. The Morgan fingerprint density at radius 2 is 1.82 bits per heavy atom. The molecule has 0 bridgehead atoms. The van der Waals surface area contributed by atoms with E-state index in [1.54, 1.807) is 24.3 Å². The molecule has 1 unspecified atom stereocenters. The van der Waals surface area contributed by atoms with Gasteiger partial charge >= 0.3 is 5.97 Å². The Morgan fingerprint density at radius 3 is 2.32 bits per heavy atom. The summed E-state index contributed by atoms with van der Waals surface area (Å²) in [5.41, 5.74) is 0.501. The van der Waals surface area contributed by atoms with E-state index in [-0.39, 0.29) is 30.6 Å². The highest BCUT2D eigenvalue weighted by molar-refractivity contribution is 6.30. The van der Waals surface area contributed by atoms with E-state index < -0.39 is 12.0 Å². The number of carbonyl (C=O) groups is 3. The van der Waals surface area contributed by atoms with E-state index in [4.69, 9.17) is 16.7 Å². The van der Waals surface area contributed by atoms with Crippen molar-refractivity contribution in [3.8, 4) is 0 Å². The molecule has 0 spiro atoms. The first-order valence-electron chi connectivity index (χ1n) is 7.23. The highest BCUT2D eigenvalue weighted by Crippen LogP contribution is 2.29. The van der Waals surface area contributed by atoms with Crippen LogP contribution >= 0.6 is 11.6 Å². The average molecular weight is 324 g/mol. The summed E-state index contributed by atoms with van der Waals surface area (Å²) in [4.78, 5) is 36.8. The van der Waals surface area contributed by atoms with Gasteiger partial charge in [-0.15, -0.1) is 0 Å². The van der Waals surface area contributed by atoms with Crippen molar-refractivity contribution in [2.24, 2.45) is 0 Å².